The molecule has 0 N–H and O–H groups in total. The zero-order valence-electron chi connectivity index (χ0n) is 26.5. The Kier molecular flexibility index (Phi) is 6.39. The number of hydrogen-bond acceptors (Lipinski definition) is 3. The first-order valence-electron chi connectivity index (χ1n) is 16.6. The summed E-state index contributed by atoms with van der Waals surface area (Å²) in [4.78, 5) is 2.47. The molecule has 2 aromatic heterocycles. The summed E-state index contributed by atoms with van der Waals surface area (Å²) in [5.41, 5.74) is 9.77. The molecule has 2 heterocycles. The summed E-state index contributed by atoms with van der Waals surface area (Å²) in [7, 11) is 0. The molecule has 0 aliphatic carbocycles. The van der Waals surface area contributed by atoms with Gasteiger partial charge in [0, 0.05) is 37.2 Å². The van der Waals surface area contributed by atoms with Gasteiger partial charge in [0.25, 0.3) is 0 Å². The third-order valence-electron chi connectivity index (χ3n) is 9.68. The van der Waals surface area contributed by atoms with Crippen LogP contribution in [0, 0.1) is 0 Å². The average molecular weight is 644 g/mol. The minimum absolute atomic E-state index is 0.872. The maximum absolute atomic E-state index is 6.79. The van der Waals surface area contributed by atoms with Crippen molar-refractivity contribution in [2.24, 2.45) is 0 Å². The highest BCUT2D eigenvalue weighted by Gasteiger charge is 2.27. The predicted octanol–water partition coefficient (Wildman–Crippen LogP) is 13.9. The van der Waals surface area contributed by atoms with Crippen LogP contribution in [0.25, 0.3) is 75.1 Å². The highest BCUT2D eigenvalue weighted by molar-refractivity contribution is 7.26. The second-order valence-corrected chi connectivity index (χ2v) is 13.5. The lowest BCUT2D eigenvalue weighted by molar-refractivity contribution is 0.669. The standard InChI is InChI=1S/C46H29NOS/c1-3-14-30(15-4-1)32-28-29-40(35-19-8-7-18-34(32)35)47(41-23-13-22-38-36-20-9-11-24-42(36)48-45(38)41)44-33(31-16-5-2-6-17-31)26-27-39-37-21-10-12-25-43(37)49-46(39)44/h1-29H. The molecule has 2 nitrogen and oxygen atoms in total. The fourth-order valence-corrected chi connectivity index (χ4v) is 8.71. The summed E-state index contributed by atoms with van der Waals surface area (Å²) >= 11 is 1.86. The number of furan rings is 1. The van der Waals surface area contributed by atoms with Crippen LogP contribution in [0.15, 0.2) is 180 Å². The summed E-state index contributed by atoms with van der Waals surface area (Å²) in [6.45, 7) is 0. The van der Waals surface area contributed by atoms with Crippen molar-refractivity contribution in [1.82, 2.24) is 0 Å². The van der Waals surface area contributed by atoms with Gasteiger partial charge in [0.05, 0.1) is 21.8 Å². The van der Waals surface area contributed by atoms with Crippen LogP contribution >= 0.6 is 11.3 Å². The lowest BCUT2D eigenvalue weighted by Gasteiger charge is -2.30. The molecule has 0 aliphatic heterocycles. The molecule has 0 aliphatic rings. The van der Waals surface area contributed by atoms with Gasteiger partial charge >= 0.3 is 0 Å². The van der Waals surface area contributed by atoms with E-state index in [0.29, 0.717) is 0 Å². The Labute approximate surface area is 287 Å². The van der Waals surface area contributed by atoms with Crippen LogP contribution in [0.2, 0.25) is 0 Å². The first-order valence-corrected chi connectivity index (χ1v) is 17.4. The number of benzene rings is 8. The molecular formula is C46H29NOS. The van der Waals surface area contributed by atoms with Crippen molar-refractivity contribution >= 4 is 81.3 Å². The molecule has 230 valence electrons. The van der Waals surface area contributed by atoms with Gasteiger partial charge in [-0.05, 0) is 46.3 Å². The molecule has 0 saturated heterocycles. The Balaban J connectivity index is 1.38. The van der Waals surface area contributed by atoms with Crippen molar-refractivity contribution in [3.05, 3.63) is 176 Å². The zero-order chi connectivity index (χ0) is 32.3. The molecule has 10 rings (SSSR count). The third kappa shape index (κ3) is 4.40. The molecule has 0 unspecified atom stereocenters. The summed E-state index contributed by atoms with van der Waals surface area (Å²) < 4.78 is 9.31. The van der Waals surface area contributed by atoms with Gasteiger partial charge in [0.15, 0.2) is 5.58 Å². The van der Waals surface area contributed by atoms with Gasteiger partial charge in [0.2, 0.25) is 0 Å². The van der Waals surface area contributed by atoms with Crippen molar-refractivity contribution in [2.75, 3.05) is 4.90 Å². The first-order chi connectivity index (χ1) is 24.3. The lowest BCUT2D eigenvalue weighted by atomic mass is 9.95. The highest BCUT2D eigenvalue weighted by Crippen LogP contribution is 2.53. The fourth-order valence-electron chi connectivity index (χ4n) is 7.47. The number of thiophene rings is 1. The van der Waals surface area contributed by atoms with Gasteiger partial charge in [0.1, 0.15) is 5.58 Å². The Morgan fingerprint density at radius 1 is 0.388 bits per heavy atom. The van der Waals surface area contributed by atoms with Gasteiger partial charge in [-0.1, -0.05) is 152 Å². The molecule has 0 bridgehead atoms. The normalized spacial score (nSPS) is 11.7. The summed E-state index contributed by atoms with van der Waals surface area (Å²) in [5, 5.41) is 7.13. The predicted molar refractivity (Wildman–Crippen MR) is 210 cm³/mol. The summed E-state index contributed by atoms with van der Waals surface area (Å²) in [5.74, 6) is 0. The molecule has 10 aromatic rings. The van der Waals surface area contributed by atoms with Gasteiger partial charge in [-0.2, -0.15) is 0 Å². The van der Waals surface area contributed by atoms with Crippen LogP contribution in [-0.2, 0) is 0 Å². The van der Waals surface area contributed by atoms with Crippen molar-refractivity contribution in [3.8, 4) is 22.3 Å². The number of fused-ring (bicyclic) bond motifs is 7. The van der Waals surface area contributed by atoms with E-state index in [4.69, 9.17) is 4.42 Å². The number of rotatable bonds is 5. The molecule has 8 aromatic carbocycles. The minimum atomic E-state index is 0.872. The summed E-state index contributed by atoms with van der Waals surface area (Å²) in [6.07, 6.45) is 0. The smallest absolute Gasteiger partial charge is 0.159 e. The Bertz CT molecular complexity index is 2830. The maximum atomic E-state index is 6.79. The second kappa shape index (κ2) is 11.2. The lowest BCUT2D eigenvalue weighted by Crippen LogP contribution is -2.12. The number of nitrogens with zero attached hydrogens (tertiary/aromatic N) is 1. The van der Waals surface area contributed by atoms with Crippen molar-refractivity contribution in [1.29, 1.82) is 0 Å². The highest BCUT2D eigenvalue weighted by atomic mass is 32.1. The number of anilines is 3. The van der Waals surface area contributed by atoms with Crippen LogP contribution in [0.3, 0.4) is 0 Å². The molecule has 49 heavy (non-hydrogen) atoms. The Morgan fingerprint density at radius 3 is 1.80 bits per heavy atom. The second-order valence-electron chi connectivity index (χ2n) is 12.4. The average Bonchev–Trinajstić information content (AvgIpc) is 3.75. The van der Waals surface area contributed by atoms with E-state index in [9.17, 15) is 0 Å². The molecule has 0 saturated carbocycles. The van der Waals surface area contributed by atoms with E-state index in [-0.39, 0.29) is 0 Å². The van der Waals surface area contributed by atoms with Gasteiger partial charge in [-0.3, -0.25) is 0 Å². The number of para-hydroxylation sites is 2. The monoisotopic (exact) mass is 643 g/mol. The van der Waals surface area contributed by atoms with Crippen LogP contribution in [0.1, 0.15) is 0 Å². The molecule has 0 radical (unpaired) electrons. The van der Waals surface area contributed by atoms with E-state index < -0.39 is 0 Å². The molecule has 0 fully saturated rings. The molecule has 3 heteroatoms. The quantitative estimate of drug-likeness (QED) is 0.186. The van der Waals surface area contributed by atoms with Crippen molar-refractivity contribution < 1.29 is 4.42 Å². The first kappa shape index (κ1) is 27.9. The van der Waals surface area contributed by atoms with Crippen LogP contribution < -0.4 is 4.90 Å². The van der Waals surface area contributed by atoms with Crippen molar-refractivity contribution in [3.63, 3.8) is 0 Å². The van der Waals surface area contributed by atoms with E-state index >= 15 is 0 Å². The van der Waals surface area contributed by atoms with Crippen molar-refractivity contribution in [2.45, 2.75) is 0 Å². The Morgan fingerprint density at radius 2 is 1.00 bits per heavy atom. The molecule has 0 amide bonds. The number of hydrogen-bond donors (Lipinski definition) is 0. The third-order valence-corrected chi connectivity index (χ3v) is 10.9. The molecular weight excluding hydrogens is 615 g/mol. The van der Waals surface area contributed by atoms with E-state index in [1.165, 1.54) is 53.2 Å². The topological polar surface area (TPSA) is 16.4 Å². The van der Waals surface area contributed by atoms with Gasteiger partial charge in [-0.25, -0.2) is 0 Å². The van der Waals surface area contributed by atoms with Gasteiger partial charge in [-0.15, -0.1) is 11.3 Å². The van der Waals surface area contributed by atoms with E-state index in [1.807, 2.05) is 17.4 Å². The zero-order valence-corrected chi connectivity index (χ0v) is 27.3. The Hall–Kier alpha value is -6.16. The van der Waals surface area contributed by atoms with Gasteiger partial charge < -0.3 is 9.32 Å². The van der Waals surface area contributed by atoms with E-state index in [1.54, 1.807) is 0 Å². The molecule has 0 atom stereocenters. The molecule has 0 spiro atoms. The largest absolute Gasteiger partial charge is 0.454 e. The maximum Gasteiger partial charge on any atom is 0.159 e. The van der Waals surface area contributed by atoms with E-state index in [0.717, 1.165) is 39.0 Å². The SMILES string of the molecule is c1ccc(-c2ccc3c(sc4ccccc43)c2N(c2ccc(-c3ccccc3)c3ccccc23)c2cccc3c2oc2ccccc23)cc1. The van der Waals surface area contributed by atoms with E-state index in [2.05, 4.69) is 175 Å². The van der Waals surface area contributed by atoms with Crippen LogP contribution in [0.4, 0.5) is 17.1 Å². The fraction of sp³-hybridized carbons (Fsp3) is 0. The minimum Gasteiger partial charge on any atom is -0.454 e. The van der Waals surface area contributed by atoms with Crippen LogP contribution in [-0.4, -0.2) is 0 Å². The van der Waals surface area contributed by atoms with Crippen LogP contribution in [0.5, 0.6) is 0 Å². The summed E-state index contributed by atoms with van der Waals surface area (Å²) in [6, 6.07) is 63.1.